The number of carbonyl (C=O) groups excluding carboxylic acids is 2. The van der Waals surface area contributed by atoms with Crippen LogP contribution >= 0.6 is 15.9 Å². The number of amides is 1. The van der Waals surface area contributed by atoms with E-state index in [-0.39, 0.29) is 17.8 Å². The van der Waals surface area contributed by atoms with E-state index in [4.69, 9.17) is 4.74 Å². The molecule has 1 amide bonds. The minimum atomic E-state index is -0.227. The molecule has 2 heterocycles. The van der Waals surface area contributed by atoms with Crippen molar-refractivity contribution in [2.45, 2.75) is 26.3 Å². The van der Waals surface area contributed by atoms with Gasteiger partial charge in [-0.2, -0.15) is 0 Å². The molecule has 1 aliphatic rings. The lowest BCUT2D eigenvalue weighted by molar-refractivity contribution is -0.146. The van der Waals surface area contributed by atoms with Crippen molar-refractivity contribution >= 4 is 27.8 Å². The van der Waals surface area contributed by atoms with E-state index < -0.39 is 0 Å². The molecule has 1 atom stereocenters. The Morgan fingerprint density at radius 3 is 2.90 bits per heavy atom. The third kappa shape index (κ3) is 3.06. The van der Waals surface area contributed by atoms with E-state index in [1.807, 2.05) is 23.8 Å². The molecule has 0 saturated carbocycles. The zero-order valence-corrected chi connectivity index (χ0v) is 13.4. The molecule has 20 heavy (non-hydrogen) atoms. The molecule has 0 bridgehead atoms. The molecule has 1 fully saturated rings. The van der Waals surface area contributed by atoms with E-state index in [1.54, 1.807) is 4.90 Å². The van der Waals surface area contributed by atoms with Crippen LogP contribution in [0.25, 0.3) is 0 Å². The minimum absolute atomic E-state index is 0.0221. The van der Waals surface area contributed by atoms with E-state index in [1.165, 1.54) is 7.11 Å². The highest BCUT2D eigenvalue weighted by atomic mass is 79.9. The van der Waals surface area contributed by atoms with Crippen molar-refractivity contribution in [2.75, 3.05) is 20.2 Å². The number of piperidine rings is 1. The summed E-state index contributed by atoms with van der Waals surface area (Å²) in [7, 11) is 1.39. The van der Waals surface area contributed by atoms with Gasteiger partial charge in [0.15, 0.2) is 0 Å². The number of nitrogens with zero attached hydrogens (tertiary/aromatic N) is 2. The summed E-state index contributed by atoms with van der Waals surface area (Å²) in [6, 6.07) is 1.83. The van der Waals surface area contributed by atoms with Crippen molar-refractivity contribution in [1.82, 2.24) is 9.47 Å². The van der Waals surface area contributed by atoms with Crippen molar-refractivity contribution in [3.63, 3.8) is 0 Å². The average molecular weight is 343 g/mol. The fraction of sp³-hybridized carbons (Fsp3) is 0.571. The molecule has 6 heteroatoms. The van der Waals surface area contributed by atoms with Gasteiger partial charge >= 0.3 is 5.97 Å². The first-order valence-corrected chi connectivity index (χ1v) is 7.59. The Morgan fingerprint density at radius 1 is 1.50 bits per heavy atom. The van der Waals surface area contributed by atoms with Gasteiger partial charge in [-0.1, -0.05) is 0 Å². The molecule has 110 valence electrons. The number of ether oxygens (including phenoxy) is 1. The highest BCUT2D eigenvalue weighted by molar-refractivity contribution is 9.10. The van der Waals surface area contributed by atoms with Crippen LogP contribution in [0.1, 0.15) is 30.3 Å². The number of hydrogen-bond acceptors (Lipinski definition) is 3. The molecular weight excluding hydrogens is 324 g/mol. The molecule has 1 saturated heterocycles. The quantitative estimate of drug-likeness (QED) is 0.792. The maximum Gasteiger partial charge on any atom is 0.310 e. The van der Waals surface area contributed by atoms with Gasteiger partial charge in [0, 0.05) is 30.3 Å². The minimum Gasteiger partial charge on any atom is -0.469 e. The Bertz CT molecular complexity index is 513. The Labute approximate surface area is 127 Å². The summed E-state index contributed by atoms with van der Waals surface area (Å²) in [6.07, 6.45) is 3.52. The summed E-state index contributed by atoms with van der Waals surface area (Å²) in [4.78, 5) is 26.0. The Hall–Kier alpha value is -1.30. The normalized spacial score (nSPS) is 18.9. The third-order valence-electron chi connectivity index (χ3n) is 3.67. The monoisotopic (exact) mass is 342 g/mol. The second-order valence-electron chi connectivity index (χ2n) is 4.94. The Morgan fingerprint density at radius 2 is 2.25 bits per heavy atom. The first-order valence-electron chi connectivity index (χ1n) is 6.79. The van der Waals surface area contributed by atoms with E-state index >= 15 is 0 Å². The summed E-state index contributed by atoms with van der Waals surface area (Å²) < 4.78 is 7.59. The predicted octanol–water partition coefficient (Wildman–Crippen LogP) is 2.30. The van der Waals surface area contributed by atoms with Gasteiger partial charge in [0.05, 0.1) is 13.0 Å². The molecular formula is C14H19BrN2O3. The second kappa shape index (κ2) is 6.43. The largest absolute Gasteiger partial charge is 0.469 e. The molecule has 5 nitrogen and oxygen atoms in total. The molecule has 1 aliphatic heterocycles. The fourth-order valence-electron chi connectivity index (χ4n) is 2.60. The van der Waals surface area contributed by atoms with Crippen LogP contribution in [0.3, 0.4) is 0 Å². The van der Waals surface area contributed by atoms with E-state index in [0.29, 0.717) is 18.8 Å². The fourth-order valence-corrected chi connectivity index (χ4v) is 3.06. The molecule has 1 aromatic rings. The van der Waals surface area contributed by atoms with E-state index in [2.05, 4.69) is 15.9 Å². The smallest absolute Gasteiger partial charge is 0.310 e. The highest BCUT2D eigenvalue weighted by Crippen LogP contribution is 2.22. The van der Waals surface area contributed by atoms with Crippen LogP contribution in [-0.4, -0.2) is 41.5 Å². The number of rotatable bonds is 3. The van der Waals surface area contributed by atoms with Gasteiger partial charge in [0.2, 0.25) is 0 Å². The molecule has 0 aliphatic carbocycles. The van der Waals surface area contributed by atoms with Crippen LogP contribution in [0.2, 0.25) is 0 Å². The molecule has 2 rings (SSSR count). The number of carbonyl (C=O) groups is 2. The van der Waals surface area contributed by atoms with Gasteiger partial charge in [-0.25, -0.2) is 0 Å². The number of halogens is 1. The van der Waals surface area contributed by atoms with Crippen LogP contribution in [0, 0.1) is 5.92 Å². The van der Waals surface area contributed by atoms with E-state index in [9.17, 15) is 9.59 Å². The van der Waals surface area contributed by atoms with Crippen molar-refractivity contribution < 1.29 is 14.3 Å². The van der Waals surface area contributed by atoms with Crippen molar-refractivity contribution in [3.05, 3.63) is 22.4 Å². The number of methoxy groups -OCH3 is 1. The van der Waals surface area contributed by atoms with Gasteiger partial charge in [0.25, 0.3) is 5.91 Å². The van der Waals surface area contributed by atoms with Crippen molar-refractivity contribution in [1.29, 1.82) is 0 Å². The Balaban J connectivity index is 2.14. The number of esters is 1. The Kier molecular flexibility index (Phi) is 4.86. The zero-order chi connectivity index (χ0) is 14.7. The second-order valence-corrected chi connectivity index (χ2v) is 5.86. The maximum absolute atomic E-state index is 12.6. The number of hydrogen-bond donors (Lipinski definition) is 0. The lowest BCUT2D eigenvalue weighted by Gasteiger charge is -2.31. The maximum atomic E-state index is 12.6. The van der Waals surface area contributed by atoms with Crippen molar-refractivity contribution in [2.24, 2.45) is 5.92 Å². The van der Waals surface area contributed by atoms with Crippen molar-refractivity contribution in [3.8, 4) is 0 Å². The summed E-state index contributed by atoms with van der Waals surface area (Å²) in [5.41, 5.74) is 0.657. The molecule has 0 unspecified atom stereocenters. The lowest BCUT2D eigenvalue weighted by atomic mass is 9.98. The number of aromatic nitrogens is 1. The van der Waals surface area contributed by atoms with Crippen LogP contribution in [-0.2, 0) is 16.1 Å². The van der Waals surface area contributed by atoms with Crippen LogP contribution in [0.5, 0.6) is 0 Å². The first-order chi connectivity index (χ1) is 9.56. The molecule has 0 aromatic carbocycles. The summed E-state index contributed by atoms with van der Waals surface area (Å²) in [6.45, 7) is 3.87. The summed E-state index contributed by atoms with van der Waals surface area (Å²) in [5, 5.41) is 0. The van der Waals surface area contributed by atoms with Gasteiger partial charge < -0.3 is 14.2 Å². The van der Waals surface area contributed by atoms with E-state index in [0.717, 1.165) is 23.9 Å². The summed E-state index contributed by atoms with van der Waals surface area (Å²) >= 11 is 3.40. The standard InChI is InChI=1S/C14H19BrN2O3/c1-3-16-9-11(15)7-12(16)13(18)17-6-4-5-10(8-17)14(19)20-2/h7,9-10H,3-6,8H2,1-2H3/t10-/m0/s1. The first kappa shape index (κ1) is 15.1. The SMILES string of the molecule is CCn1cc(Br)cc1C(=O)N1CCC[C@H](C(=O)OC)C1. The molecule has 0 spiro atoms. The van der Waals surface area contributed by atoms with Crippen LogP contribution < -0.4 is 0 Å². The number of aryl methyl sites for hydroxylation is 1. The average Bonchev–Trinajstić information content (AvgIpc) is 2.86. The van der Waals surface area contributed by atoms with Crippen LogP contribution in [0.15, 0.2) is 16.7 Å². The van der Waals surface area contributed by atoms with Crippen LogP contribution in [0.4, 0.5) is 0 Å². The summed E-state index contributed by atoms with van der Waals surface area (Å²) in [5.74, 6) is -0.452. The van der Waals surface area contributed by atoms with Gasteiger partial charge in [0.1, 0.15) is 5.69 Å². The van der Waals surface area contributed by atoms with Gasteiger partial charge in [-0.05, 0) is 41.8 Å². The highest BCUT2D eigenvalue weighted by Gasteiger charge is 2.30. The van der Waals surface area contributed by atoms with Gasteiger partial charge in [-0.3, -0.25) is 9.59 Å². The van der Waals surface area contributed by atoms with Gasteiger partial charge in [-0.15, -0.1) is 0 Å². The third-order valence-corrected chi connectivity index (χ3v) is 4.10. The predicted molar refractivity (Wildman–Crippen MR) is 78.4 cm³/mol. The zero-order valence-electron chi connectivity index (χ0n) is 11.8. The molecule has 0 radical (unpaired) electrons. The number of likely N-dealkylation sites (tertiary alicyclic amines) is 1. The molecule has 1 aromatic heterocycles. The molecule has 0 N–H and O–H groups in total. The topological polar surface area (TPSA) is 51.5 Å². The lowest BCUT2D eigenvalue weighted by Crippen LogP contribution is -2.43.